The average Bonchev–Trinajstić information content (AvgIpc) is 3.20. The molecule has 0 saturated carbocycles. The Balaban J connectivity index is 1.65. The molecule has 2 heterocycles. The number of nitrogens with zero attached hydrogens (tertiary/aromatic N) is 1. The highest BCUT2D eigenvalue weighted by Gasteiger charge is 2.31. The summed E-state index contributed by atoms with van der Waals surface area (Å²) in [5, 5.41) is 9.68. The zero-order valence-electron chi connectivity index (χ0n) is 15.2. The van der Waals surface area contributed by atoms with E-state index >= 15 is 0 Å². The van der Waals surface area contributed by atoms with Crippen molar-refractivity contribution < 1.29 is 19.1 Å². The fourth-order valence-corrected chi connectivity index (χ4v) is 4.64. The van der Waals surface area contributed by atoms with Crippen LogP contribution in [0.1, 0.15) is 31.4 Å². The van der Waals surface area contributed by atoms with Crippen LogP contribution in [0.4, 0.5) is 0 Å². The first kappa shape index (κ1) is 21.9. The lowest BCUT2D eigenvalue weighted by Crippen LogP contribution is -2.29. The number of furan rings is 1. The van der Waals surface area contributed by atoms with Crippen molar-refractivity contribution in [1.29, 1.82) is 0 Å². The van der Waals surface area contributed by atoms with E-state index in [1.165, 1.54) is 11.8 Å². The van der Waals surface area contributed by atoms with E-state index in [1.807, 2.05) is 0 Å². The summed E-state index contributed by atoms with van der Waals surface area (Å²) in [7, 11) is 0. The molecular formula is C20H17Cl2NO4S2. The highest BCUT2D eigenvalue weighted by molar-refractivity contribution is 8.26. The van der Waals surface area contributed by atoms with E-state index < -0.39 is 5.97 Å². The van der Waals surface area contributed by atoms with E-state index in [1.54, 1.807) is 41.3 Å². The number of carbonyl (C=O) groups excluding carboxylic acids is 1. The minimum absolute atomic E-state index is 0.136. The molecule has 5 nitrogen and oxygen atoms in total. The predicted octanol–water partition coefficient (Wildman–Crippen LogP) is 6.10. The maximum atomic E-state index is 12.6. The van der Waals surface area contributed by atoms with Crippen molar-refractivity contribution >= 4 is 69.5 Å². The molecule has 1 saturated heterocycles. The van der Waals surface area contributed by atoms with Gasteiger partial charge in [-0.3, -0.25) is 14.5 Å². The molecule has 0 bridgehead atoms. The highest BCUT2D eigenvalue weighted by atomic mass is 35.5. The first-order valence-electron chi connectivity index (χ1n) is 8.87. The average molecular weight is 470 g/mol. The van der Waals surface area contributed by atoms with Crippen LogP contribution in [0.15, 0.2) is 39.7 Å². The smallest absolute Gasteiger partial charge is 0.303 e. The lowest BCUT2D eigenvalue weighted by Gasteiger charge is -2.13. The number of hydrogen-bond acceptors (Lipinski definition) is 5. The second-order valence-electron chi connectivity index (χ2n) is 6.40. The maximum Gasteiger partial charge on any atom is 0.303 e. The number of amides is 1. The number of aliphatic carboxylic acids is 1. The maximum absolute atomic E-state index is 12.6. The fourth-order valence-electron chi connectivity index (χ4n) is 2.83. The Bertz CT molecular complexity index is 966. The summed E-state index contributed by atoms with van der Waals surface area (Å²) in [5.41, 5.74) is 0.746. The second kappa shape index (κ2) is 9.80. The van der Waals surface area contributed by atoms with Gasteiger partial charge in [0, 0.05) is 34.7 Å². The summed E-state index contributed by atoms with van der Waals surface area (Å²) >= 11 is 18.6. The van der Waals surface area contributed by atoms with Gasteiger partial charge in [0.05, 0.1) is 4.91 Å². The Labute approximate surface area is 187 Å². The van der Waals surface area contributed by atoms with Crippen LogP contribution in [0.3, 0.4) is 0 Å². The van der Waals surface area contributed by atoms with Gasteiger partial charge in [-0.15, -0.1) is 0 Å². The largest absolute Gasteiger partial charge is 0.481 e. The number of thioether (sulfide) groups is 1. The van der Waals surface area contributed by atoms with Crippen LogP contribution in [0.2, 0.25) is 10.0 Å². The van der Waals surface area contributed by atoms with Gasteiger partial charge in [0.25, 0.3) is 5.91 Å². The van der Waals surface area contributed by atoms with Gasteiger partial charge in [0.1, 0.15) is 15.8 Å². The molecule has 1 aromatic carbocycles. The number of rotatable bonds is 8. The summed E-state index contributed by atoms with van der Waals surface area (Å²) < 4.78 is 6.31. The molecule has 152 valence electrons. The van der Waals surface area contributed by atoms with E-state index in [-0.39, 0.29) is 12.3 Å². The zero-order chi connectivity index (χ0) is 21.0. The van der Waals surface area contributed by atoms with Crippen molar-refractivity contribution in [3.8, 4) is 11.3 Å². The third kappa shape index (κ3) is 5.85. The van der Waals surface area contributed by atoms with Crippen LogP contribution in [0, 0.1) is 0 Å². The van der Waals surface area contributed by atoms with Gasteiger partial charge in [0.15, 0.2) is 0 Å². The standard InChI is InChI=1S/C20H17Cl2NO4S2/c21-13-8-12(9-14(22)10-13)16-6-5-15(27-16)11-17-19(26)23(20(28)29-17)7-3-1-2-4-18(24)25/h5-6,8-11H,1-4,7H2,(H,24,25). The fraction of sp³-hybridized carbons (Fsp3) is 0.250. The molecule has 0 atom stereocenters. The Morgan fingerprint density at radius 1 is 1.17 bits per heavy atom. The molecule has 2 aromatic rings. The van der Waals surface area contributed by atoms with Crippen LogP contribution in [0.25, 0.3) is 17.4 Å². The van der Waals surface area contributed by atoms with Crippen molar-refractivity contribution in [2.75, 3.05) is 6.54 Å². The van der Waals surface area contributed by atoms with E-state index in [2.05, 4.69) is 0 Å². The molecular weight excluding hydrogens is 453 g/mol. The second-order valence-corrected chi connectivity index (χ2v) is 8.95. The first-order valence-corrected chi connectivity index (χ1v) is 10.8. The SMILES string of the molecule is O=C(O)CCCCCN1C(=O)C(=Cc2ccc(-c3cc(Cl)cc(Cl)c3)o2)SC1=S. The van der Waals surface area contributed by atoms with Gasteiger partial charge in [-0.1, -0.05) is 53.6 Å². The van der Waals surface area contributed by atoms with Gasteiger partial charge >= 0.3 is 5.97 Å². The molecule has 29 heavy (non-hydrogen) atoms. The normalized spacial score (nSPS) is 15.5. The molecule has 1 N–H and O–H groups in total. The Morgan fingerprint density at radius 3 is 2.59 bits per heavy atom. The predicted molar refractivity (Wildman–Crippen MR) is 120 cm³/mol. The van der Waals surface area contributed by atoms with Crippen LogP contribution >= 0.6 is 47.2 Å². The summed E-state index contributed by atoms with van der Waals surface area (Å²) in [6.07, 6.45) is 3.82. The molecule has 1 aliphatic rings. The molecule has 0 aliphatic carbocycles. The number of halogens is 2. The number of carboxylic acids is 1. The van der Waals surface area contributed by atoms with Gasteiger partial charge in [-0.25, -0.2) is 0 Å². The van der Waals surface area contributed by atoms with E-state index in [4.69, 9.17) is 44.9 Å². The van der Waals surface area contributed by atoms with Crippen molar-refractivity contribution in [2.45, 2.75) is 25.7 Å². The third-order valence-electron chi connectivity index (χ3n) is 4.19. The summed E-state index contributed by atoms with van der Waals surface area (Å²) in [6, 6.07) is 8.70. The number of hydrogen-bond donors (Lipinski definition) is 1. The minimum atomic E-state index is -0.809. The zero-order valence-corrected chi connectivity index (χ0v) is 18.3. The number of unbranched alkanes of at least 4 members (excludes halogenated alkanes) is 2. The molecule has 0 unspecified atom stereocenters. The number of thiocarbonyl (C=S) groups is 1. The van der Waals surface area contributed by atoms with Gasteiger partial charge in [-0.2, -0.15) is 0 Å². The number of benzene rings is 1. The lowest BCUT2D eigenvalue weighted by atomic mass is 10.2. The van der Waals surface area contributed by atoms with E-state index in [0.717, 1.165) is 12.0 Å². The Kier molecular flexibility index (Phi) is 7.40. The highest BCUT2D eigenvalue weighted by Crippen LogP contribution is 2.34. The molecule has 0 spiro atoms. The summed E-state index contributed by atoms with van der Waals surface area (Å²) in [5.74, 6) is 0.144. The number of carbonyl (C=O) groups is 2. The quantitative estimate of drug-likeness (QED) is 0.286. The van der Waals surface area contributed by atoms with Gasteiger partial charge in [-0.05, 0) is 43.2 Å². The van der Waals surface area contributed by atoms with E-state index in [9.17, 15) is 9.59 Å². The number of carboxylic acid groups (broad SMARTS) is 1. The lowest BCUT2D eigenvalue weighted by molar-refractivity contribution is -0.137. The van der Waals surface area contributed by atoms with Crippen LogP contribution in [-0.4, -0.2) is 32.7 Å². The van der Waals surface area contributed by atoms with Crippen LogP contribution < -0.4 is 0 Å². The summed E-state index contributed by atoms with van der Waals surface area (Å²) in [4.78, 5) is 25.2. The van der Waals surface area contributed by atoms with Gasteiger partial charge in [0.2, 0.25) is 0 Å². The van der Waals surface area contributed by atoms with Crippen LogP contribution in [0.5, 0.6) is 0 Å². The Hall–Kier alpha value is -1.80. The molecule has 1 fully saturated rings. The molecule has 0 radical (unpaired) electrons. The monoisotopic (exact) mass is 469 g/mol. The van der Waals surface area contributed by atoms with E-state index in [0.29, 0.717) is 50.2 Å². The first-order chi connectivity index (χ1) is 13.8. The molecule has 1 aromatic heterocycles. The molecule has 9 heteroatoms. The topological polar surface area (TPSA) is 70.8 Å². The van der Waals surface area contributed by atoms with Gasteiger partial charge < -0.3 is 9.52 Å². The molecule has 1 aliphatic heterocycles. The third-order valence-corrected chi connectivity index (χ3v) is 6.01. The Morgan fingerprint density at radius 2 is 1.90 bits per heavy atom. The summed E-state index contributed by atoms with van der Waals surface area (Å²) in [6.45, 7) is 0.478. The molecule has 1 amide bonds. The van der Waals surface area contributed by atoms with Crippen molar-refractivity contribution in [1.82, 2.24) is 4.90 Å². The minimum Gasteiger partial charge on any atom is -0.481 e. The van der Waals surface area contributed by atoms with Crippen molar-refractivity contribution in [2.24, 2.45) is 0 Å². The molecule has 3 rings (SSSR count). The van der Waals surface area contributed by atoms with Crippen molar-refractivity contribution in [3.05, 3.63) is 51.0 Å². The van der Waals surface area contributed by atoms with Crippen LogP contribution in [-0.2, 0) is 9.59 Å². The van der Waals surface area contributed by atoms with Crippen molar-refractivity contribution in [3.63, 3.8) is 0 Å².